The van der Waals surface area contributed by atoms with E-state index >= 15 is 0 Å². The number of rotatable bonds is 6. The van der Waals surface area contributed by atoms with Crippen molar-refractivity contribution < 1.29 is 0 Å². The lowest BCUT2D eigenvalue weighted by Gasteiger charge is -2.20. The molecule has 0 amide bonds. The molecule has 0 saturated carbocycles. The van der Waals surface area contributed by atoms with E-state index in [4.69, 9.17) is 4.98 Å². The fourth-order valence-electron chi connectivity index (χ4n) is 8.12. The minimum atomic E-state index is 0.922. The molecular formula is C51H34N2. The predicted molar refractivity (Wildman–Crippen MR) is 223 cm³/mol. The predicted octanol–water partition coefficient (Wildman–Crippen LogP) is 13.7. The smallest absolute Gasteiger partial charge is 0.146 e. The van der Waals surface area contributed by atoms with Gasteiger partial charge in [0.2, 0.25) is 0 Å². The summed E-state index contributed by atoms with van der Waals surface area (Å²) in [5, 5.41) is 4.93. The summed E-state index contributed by atoms with van der Waals surface area (Å²) in [6.07, 6.45) is 0. The van der Waals surface area contributed by atoms with Gasteiger partial charge >= 0.3 is 0 Å². The highest BCUT2D eigenvalue weighted by Crippen LogP contribution is 2.46. The van der Waals surface area contributed by atoms with E-state index in [0.29, 0.717) is 0 Å². The Morgan fingerprint density at radius 1 is 0.321 bits per heavy atom. The maximum Gasteiger partial charge on any atom is 0.146 e. The van der Waals surface area contributed by atoms with Gasteiger partial charge in [-0.2, -0.15) is 0 Å². The zero-order valence-electron chi connectivity index (χ0n) is 29.0. The van der Waals surface area contributed by atoms with Crippen molar-refractivity contribution in [2.24, 2.45) is 0 Å². The van der Waals surface area contributed by atoms with Crippen LogP contribution in [0.2, 0.25) is 0 Å². The summed E-state index contributed by atoms with van der Waals surface area (Å²) in [5.41, 5.74) is 13.9. The Balaban J connectivity index is 1.22. The maximum absolute atomic E-state index is 5.29. The first-order valence-corrected chi connectivity index (χ1v) is 18.1. The van der Waals surface area contributed by atoms with Crippen molar-refractivity contribution in [2.45, 2.75) is 0 Å². The Kier molecular flexibility index (Phi) is 7.51. The van der Waals surface area contributed by atoms with Gasteiger partial charge in [0.05, 0.1) is 11.0 Å². The zero-order chi connectivity index (χ0) is 35.1. The van der Waals surface area contributed by atoms with Crippen LogP contribution in [0.5, 0.6) is 0 Å². The average molecular weight is 675 g/mol. The Morgan fingerprint density at radius 3 is 1.40 bits per heavy atom. The fraction of sp³-hybridized carbons (Fsp3) is 0. The lowest BCUT2D eigenvalue weighted by atomic mass is 9.84. The summed E-state index contributed by atoms with van der Waals surface area (Å²) in [6.45, 7) is 0. The first-order chi connectivity index (χ1) is 26.3. The second kappa shape index (κ2) is 12.9. The van der Waals surface area contributed by atoms with Gasteiger partial charge in [-0.3, -0.25) is 4.57 Å². The van der Waals surface area contributed by atoms with Crippen LogP contribution in [-0.2, 0) is 0 Å². The van der Waals surface area contributed by atoms with Crippen LogP contribution in [0.3, 0.4) is 0 Å². The highest BCUT2D eigenvalue weighted by Gasteiger charge is 2.21. The van der Waals surface area contributed by atoms with E-state index in [1.165, 1.54) is 54.9 Å². The number of aromatic nitrogens is 2. The molecule has 9 aromatic carbocycles. The van der Waals surface area contributed by atoms with Crippen molar-refractivity contribution in [3.8, 4) is 61.6 Å². The molecule has 0 atom stereocenters. The topological polar surface area (TPSA) is 17.8 Å². The SMILES string of the molecule is c1ccc(-c2ccccc2-c2c3ccccc3c(-c3cccc(-n4c(-c5ccccc5-c5ccccc5)nc5ccccc54)c3)c3ccccc23)cc1. The summed E-state index contributed by atoms with van der Waals surface area (Å²) >= 11 is 0. The molecule has 0 bridgehead atoms. The average Bonchev–Trinajstić information content (AvgIpc) is 3.63. The van der Waals surface area contributed by atoms with Crippen molar-refractivity contribution in [1.82, 2.24) is 9.55 Å². The fourth-order valence-corrected chi connectivity index (χ4v) is 8.12. The summed E-state index contributed by atoms with van der Waals surface area (Å²) in [5.74, 6) is 0.922. The van der Waals surface area contributed by atoms with Gasteiger partial charge < -0.3 is 0 Å². The van der Waals surface area contributed by atoms with E-state index in [1.807, 2.05) is 0 Å². The molecule has 0 fully saturated rings. The van der Waals surface area contributed by atoms with Crippen molar-refractivity contribution in [3.05, 3.63) is 206 Å². The van der Waals surface area contributed by atoms with E-state index in [2.05, 4.69) is 211 Å². The molecule has 0 aliphatic heterocycles. The van der Waals surface area contributed by atoms with E-state index in [-0.39, 0.29) is 0 Å². The number of fused-ring (bicyclic) bond motifs is 3. The van der Waals surface area contributed by atoms with E-state index in [1.54, 1.807) is 0 Å². The number of para-hydroxylation sites is 2. The number of imidazole rings is 1. The Morgan fingerprint density at radius 2 is 0.774 bits per heavy atom. The lowest BCUT2D eigenvalue weighted by molar-refractivity contribution is 1.10. The molecule has 0 radical (unpaired) electrons. The first kappa shape index (κ1) is 30.8. The zero-order valence-corrected chi connectivity index (χ0v) is 29.0. The summed E-state index contributed by atoms with van der Waals surface area (Å²) < 4.78 is 2.33. The second-order valence-corrected chi connectivity index (χ2v) is 13.5. The normalized spacial score (nSPS) is 11.4. The number of nitrogens with zero attached hydrogens (tertiary/aromatic N) is 2. The largest absolute Gasteiger partial charge is 0.292 e. The minimum Gasteiger partial charge on any atom is -0.292 e. The van der Waals surface area contributed by atoms with Gasteiger partial charge in [-0.1, -0.05) is 182 Å². The van der Waals surface area contributed by atoms with E-state index in [0.717, 1.165) is 39.2 Å². The molecule has 2 nitrogen and oxygen atoms in total. The van der Waals surface area contributed by atoms with E-state index in [9.17, 15) is 0 Å². The molecule has 10 aromatic rings. The van der Waals surface area contributed by atoms with Crippen LogP contribution in [0.25, 0.3) is 94.2 Å². The molecule has 0 saturated heterocycles. The monoisotopic (exact) mass is 674 g/mol. The highest BCUT2D eigenvalue weighted by atomic mass is 15.1. The van der Waals surface area contributed by atoms with Crippen molar-refractivity contribution in [2.75, 3.05) is 0 Å². The molecule has 2 heteroatoms. The molecule has 10 rings (SSSR count). The third-order valence-electron chi connectivity index (χ3n) is 10.4. The molecule has 0 N–H and O–H groups in total. The minimum absolute atomic E-state index is 0.922. The van der Waals surface area contributed by atoms with Crippen molar-refractivity contribution in [3.63, 3.8) is 0 Å². The Labute approximate surface area is 308 Å². The van der Waals surface area contributed by atoms with Crippen LogP contribution in [0.15, 0.2) is 206 Å². The molecule has 0 spiro atoms. The first-order valence-electron chi connectivity index (χ1n) is 18.1. The summed E-state index contributed by atoms with van der Waals surface area (Å²) in [6, 6.07) is 74.0. The maximum atomic E-state index is 5.29. The van der Waals surface area contributed by atoms with Gasteiger partial charge in [-0.15, -0.1) is 0 Å². The molecule has 0 aliphatic carbocycles. The molecule has 0 unspecified atom stereocenters. The number of hydrogen-bond acceptors (Lipinski definition) is 1. The van der Waals surface area contributed by atoms with Crippen molar-refractivity contribution in [1.29, 1.82) is 0 Å². The molecule has 0 aliphatic rings. The highest BCUT2D eigenvalue weighted by molar-refractivity contribution is 6.22. The second-order valence-electron chi connectivity index (χ2n) is 13.5. The summed E-state index contributed by atoms with van der Waals surface area (Å²) in [4.78, 5) is 5.29. The van der Waals surface area contributed by atoms with Crippen LogP contribution >= 0.6 is 0 Å². The van der Waals surface area contributed by atoms with Gasteiger partial charge in [0.25, 0.3) is 0 Å². The van der Waals surface area contributed by atoms with Gasteiger partial charge in [0.1, 0.15) is 5.82 Å². The quantitative estimate of drug-likeness (QED) is 0.161. The van der Waals surface area contributed by atoms with Crippen LogP contribution in [0.4, 0.5) is 0 Å². The molecule has 248 valence electrons. The lowest BCUT2D eigenvalue weighted by Crippen LogP contribution is -1.99. The third kappa shape index (κ3) is 5.23. The third-order valence-corrected chi connectivity index (χ3v) is 10.4. The molecule has 1 heterocycles. The van der Waals surface area contributed by atoms with Gasteiger partial charge in [-0.05, 0) is 90.3 Å². The van der Waals surface area contributed by atoms with Crippen LogP contribution < -0.4 is 0 Å². The Bertz CT molecular complexity index is 2880. The number of benzene rings is 9. The molecule has 53 heavy (non-hydrogen) atoms. The van der Waals surface area contributed by atoms with Crippen LogP contribution in [0, 0.1) is 0 Å². The van der Waals surface area contributed by atoms with Gasteiger partial charge in [-0.25, -0.2) is 4.98 Å². The standard InChI is InChI=1S/C51H34N2/c1-3-18-35(19-4-1)39-24-7-9-26-41(39)50-44-29-12-10-27-42(44)49(43-28-11-13-30-45(43)50)37-22-17-23-38(34-37)53-48-33-16-15-32-47(48)52-51(53)46-31-14-8-25-40(46)36-20-5-2-6-21-36/h1-34H. The van der Waals surface area contributed by atoms with Crippen LogP contribution in [-0.4, -0.2) is 9.55 Å². The van der Waals surface area contributed by atoms with Gasteiger partial charge in [0.15, 0.2) is 0 Å². The molecule has 1 aromatic heterocycles. The molecular weight excluding hydrogens is 641 g/mol. The summed E-state index contributed by atoms with van der Waals surface area (Å²) in [7, 11) is 0. The Hall–Kier alpha value is -7.03. The van der Waals surface area contributed by atoms with Crippen molar-refractivity contribution >= 4 is 32.6 Å². The van der Waals surface area contributed by atoms with E-state index < -0.39 is 0 Å². The van der Waals surface area contributed by atoms with Crippen LogP contribution in [0.1, 0.15) is 0 Å². The van der Waals surface area contributed by atoms with Gasteiger partial charge in [0, 0.05) is 11.3 Å². The number of hydrogen-bond donors (Lipinski definition) is 0.